The largest absolute Gasteiger partial charge is 0.490 e. The minimum atomic E-state index is -5.73. The molecule has 2 aromatic heterocycles. The molecule has 9 N–H and O–H groups in total. The van der Waals surface area contributed by atoms with Crippen molar-refractivity contribution in [1.29, 1.82) is 0 Å². The van der Waals surface area contributed by atoms with Crippen LogP contribution in [0.4, 0.5) is 5.95 Å². The van der Waals surface area contributed by atoms with Crippen molar-refractivity contribution < 1.29 is 61.4 Å². The minimum absolute atomic E-state index is 0.115. The van der Waals surface area contributed by atoms with E-state index in [4.69, 9.17) is 25.2 Å². The number of nitrogen functional groups attached to an aromatic ring is 1. The Morgan fingerprint density at radius 1 is 1.12 bits per heavy atom. The number of nitrogens with one attached hydrogen (secondary N) is 1. The van der Waals surface area contributed by atoms with E-state index in [1.807, 2.05) is 0 Å². The van der Waals surface area contributed by atoms with Gasteiger partial charge in [0.15, 0.2) is 17.4 Å². The molecule has 0 radical (unpaired) electrons. The van der Waals surface area contributed by atoms with E-state index in [9.17, 15) is 33.6 Å². The lowest BCUT2D eigenvalue weighted by Crippen LogP contribution is -2.33. The van der Waals surface area contributed by atoms with Crippen LogP contribution < -0.4 is 11.3 Å². The van der Waals surface area contributed by atoms with Crippen molar-refractivity contribution in [3.63, 3.8) is 0 Å². The van der Waals surface area contributed by atoms with Crippen molar-refractivity contribution in [2.75, 3.05) is 12.3 Å². The fraction of sp³-hybridized carbons (Fsp3) is 0.500. The highest BCUT2D eigenvalue weighted by Gasteiger charge is 2.47. The van der Waals surface area contributed by atoms with E-state index in [2.05, 4.69) is 28.1 Å². The summed E-state index contributed by atoms with van der Waals surface area (Å²) in [5, 5.41) is 20.4. The predicted molar refractivity (Wildman–Crippen MR) is 98.3 cm³/mol. The Morgan fingerprint density at radius 2 is 1.78 bits per heavy atom. The zero-order valence-corrected chi connectivity index (χ0v) is 18.0. The number of hydrogen-bond acceptors (Lipinski definition) is 13. The molecular formula is C10H16N5O14P3. The number of aromatic amines is 1. The van der Waals surface area contributed by atoms with E-state index < -0.39 is 60.2 Å². The molecule has 0 aromatic carbocycles. The first kappa shape index (κ1) is 25.1. The van der Waals surface area contributed by atoms with E-state index in [0.29, 0.717) is 0 Å². The molecule has 2 aromatic rings. The molecule has 2 unspecified atom stereocenters. The van der Waals surface area contributed by atoms with Crippen molar-refractivity contribution >= 4 is 40.6 Å². The van der Waals surface area contributed by atoms with Crippen LogP contribution in [0.1, 0.15) is 6.23 Å². The molecule has 0 spiro atoms. The maximum atomic E-state index is 11.9. The van der Waals surface area contributed by atoms with Gasteiger partial charge in [-0.1, -0.05) is 0 Å². The van der Waals surface area contributed by atoms with Gasteiger partial charge in [-0.3, -0.25) is 18.9 Å². The third kappa shape index (κ3) is 5.67. The monoisotopic (exact) mass is 523 g/mol. The highest BCUT2D eigenvalue weighted by molar-refractivity contribution is 7.66. The number of H-pyrrole nitrogens is 1. The van der Waals surface area contributed by atoms with E-state index in [1.165, 1.54) is 0 Å². The Bertz CT molecular complexity index is 1210. The zero-order valence-electron chi connectivity index (χ0n) is 15.3. The summed E-state index contributed by atoms with van der Waals surface area (Å²) >= 11 is 0. The first-order chi connectivity index (χ1) is 14.6. The third-order valence-corrected chi connectivity index (χ3v) is 7.68. The lowest BCUT2D eigenvalue weighted by molar-refractivity contribution is -0.0503. The number of aromatic nitrogens is 4. The molecule has 19 nitrogen and oxygen atoms in total. The molecule has 0 saturated carbocycles. The smallest absolute Gasteiger partial charge is 0.387 e. The summed E-state index contributed by atoms with van der Waals surface area (Å²) in [5.74, 6) is -0.276. The molecule has 6 atom stereocenters. The number of ether oxygens (including phenoxy) is 1. The maximum Gasteiger partial charge on any atom is 0.490 e. The number of nitrogens with two attached hydrogens (primary N) is 1. The van der Waals surface area contributed by atoms with Gasteiger partial charge in [0.1, 0.15) is 18.3 Å². The average molecular weight is 523 g/mol. The lowest BCUT2D eigenvalue weighted by Gasteiger charge is -2.19. The number of rotatable bonds is 8. The van der Waals surface area contributed by atoms with Crippen LogP contribution in [0, 0.1) is 0 Å². The summed E-state index contributed by atoms with van der Waals surface area (Å²) in [6, 6.07) is 0. The van der Waals surface area contributed by atoms with Crippen LogP contribution in [-0.2, 0) is 31.6 Å². The lowest BCUT2D eigenvalue weighted by atomic mass is 10.1. The van der Waals surface area contributed by atoms with Crippen LogP contribution in [0.25, 0.3) is 11.2 Å². The molecule has 0 amide bonds. The van der Waals surface area contributed by atoms with Gasteiger partial charge in [0.05, 0.1) is 12.9 Å². The molecule has 1 saturated heterocycles. The summed E-state index contributed by atoms with van der Waals surface area (Å²) in [6.45, 7) is -1.01. The van der Waals surface area contributed by atoms with E-state index in [-0.39, 0.29) is 17.1 Å². The Morgan fingerprint density at radius 3 is 2.41 bits per heavy atom. The number of nitrogens with zero attached hydrogens (tertiary/aromatic N) is 3. The zero-order chi connectivity index (χ0) is 24.1. The number of hydrogen-bond donors (Lipinski definition) is 8. The molecule has 22 heteroatoms. The molecule has 1 aliphatic heterocycles. The molecule has 3 rings (SSSR count). The van der Waals surface area contributed by atoms with Crippen molar-refractivity contribution in [3.05, 3.63) is 16.7 Å². The van der Waals surface area contributed by atoms with E-state index >= 15 is 0 Å². The first-order valence-corrected chi connectivity index (χ1v) is 12.6. The average Bonchev–Trinajstić information content (AvgIpc) is 3.12. The molecule has 32 heavy (non-hydrogen) atoms. The van der Waals surface area contributed by atoms with Crippen molar-refractivity contribution in [3.8, 4) is 0 Å². The number of fused-ring (bicyclic) bond motifs is 1. The molecule has 180 valence electrons. The summed E-state index contributed by atoms with van der Waals surface area (Å²) in [7, 11) is -16.8. The van der Waals surface area contributed by atoms with Gasteiger partial charge in [-0.15, -0.1) is 0 Å². The van der Waals surface area contributed by atoms with Gasteiger partial charge in [-0.2, -0.15) is 13.6 Å². The van der Waals surface area contributed by atoms with Crippen LogP contribution in [0.15, 0.2) is 11.1 Å². The van der Waals surface area contributed by atoms with Crippen molar-refractivity contribution in [2.45, 2.75) is 24.5 Å². The number of anilines is 1. The second-order valence-corrected chi connectivity index (χ2v) is 10.6. The predicted octanol–water partition coefficient (Wildman–Crippen LogP) is -2.34. The van der Waals surface area contributed by atoms with Crippen molar-refractivity contribution in [2.24, 2.45) is 0 Å². The number of phosphoric ester groups is 1. The van der Waals surface area contributed by atoms with Crippen LogP contribution in [0.5, 0.6) is 0 Å². The van der Waals surface area contributed by atoms with E-state index in [1.54, 1.807) is 0 Å². The Labute approximate surface area is 175 Å². The highest BCUT2D eigenvalue weighted by Crippen LogP contribution is 2.66. The Hall–Kier alpha value is -1.56. The SMILES string of the molecule is Nc1nc2c(ncn2[C@@H]2O[C@@H](COP(=O)(O)OP(=O)(O)OP(=O)(O)O)[C@@H](O)[C@H]2O)c(=O)[nH]1. The number of imidazole rings is 1. The summed E-state index contributed by atoms with van der Waals surface area (Å²) in [5.41, 5.74) is 4.50. The van der Waals surface area contributed by atoms with Gasteiger partial charge in [0, 0.05) is 0 Å². The fourth-order valence-electron chi connectivity index (χ4n) is 2.70. The number of aliphatic hydroxyl groups excluding tert-OH is 2. The molecule has 0 aliphatic carbocycles. The second-order valence-electron chi connectivity index (χ2n) is 6.21. The van der Waals surface area contributed by atoms with Gasteiger partial charge < -0.3 is 40.3 Å². The van der Waals surface area contributed by atoms with Crippen LogP contribution in [0.2, 0.25) is 0 Å². The Balaban J connectivity index is 1.72. The molecular weight excluding hydrogens is 507 g/mol. The topological polar surface area (TPSA) is 299 Å². The minimum Gasteiger partial charge on any atom is -0.387 e. The normalized spacial score (nSPS) is 27.9. The van der Waals surface area contributed by atoms with Gasteiger partial charge in [-0.05, 0) is 0 Å². The third-order valence-electron chi connectivity index (χ3n) is 3.88. The van der Waals surface area contributed by atoms with Crippen molar-refractivity contribution in [1.82, 2.24) is 19.5 Å². The number of aliphatic hydroxyl groups is 2. The van der Waals surface area contributed by atoms with Gasteiger partial charge >= 0.3 is 23.5 Å². The fourth-order valence-corrected chi connectivity index (χ4v) is 5.73. The molecule has 1 fully saturated rings. The quantitative estimate of drug-likeness (QED) is 0.168. The molecule has 1 aliphatic rings. The van der Waals surface area contributed by atoms with Gasteiger partial charge in [0.2, 0.25) is 5.95 Å². The second kappa shape index (κ2) is 8.66. The maximum absolute atomic E-state index is 11.9. The summed E-state index contributed by atoms with van der Waals surface area (Å²) < 4.78 is 51.6. The summed E-state index contributed by atoms with van der Waals surface area (Å²) in [4.78, 5) is 57.3. The van der Waals surface area contributed by atoms with Crippen LogP contribution >= 0.6 is 23.5 Å². The first-order valence-electron chi connectivity index (χ1n) is 8.11. The standard InChI is InChI=1S/C10H16N5O14P3/c11-10-13-7-4(8(18)14-10)12-2-15(7)9-6(17)5(16)3(27-9)1-26-31(22,23)29-32(24,25)28-30(19,20)21/h2-3,5-6,9,16-17H,1H2,(H,22,23)(H,24,25)(H2,19,20,21)(H3,11,13,14,18)/t3-,5+,6+,9+/m0/s1. The highest BCUT2D eigenvalue weighted by atomic mass is 31.3. The van der Waals surface area contributed by atoms with Gasteiger partial charge in [-0.25, -0.2) is 18.7 Å². The van der Waals surface area contributed by atoms with E-state index in [0.717, 1.165) is 10.9 Å². The summed E-state index contributed by atoms with van der Waals surface area (Å²) in [6.07, 6.45) is -5.33. The van der Waals surface area contributed by atoms with Crippen LogP contribution in [0.3, 0.4) is 0 Å². The molecule has 0 bridgehead atoms. The van der Waals surface area contributed by atoms with Crippen LogP contribution in [-0.4, -0.2) is 74.2 Å². The Kier molecular flexibility index (Phi) is 6.78. The molecule has 3 heterocycles. The van der Waals surface area contributed by atoms with Gasteiger partial charge in [0.25, 0.3) is 5.56 Å². The number of phosphoric acid groups is 3.